The maximum absolute atomic E-state index is 13.3. The number of halogens is 2. The lowest BCUT2D eigenvalue weighted by atomic mass is 10.1. The molecule has 5 rings (SSSR count). The molecule has 2 aromatic carbocycles. The van der Waals surface area contributed by atoms with Crippen LogP contribution in [0.3, 0.4) is 0 Å². The number of likely N-dealkylation sites (tertiary alicyclic amines) is 1. The monoisotopic (exact) mass is 610 g/mol. The van der Waals surface area contributed by atoms with Crippen molar-refractivity contribution < 1.29 is 19.8 Å². The van der Waals surface area contributed by atoms with Crippen LogP contribution in [0.1, 0.15) is 35.2 Å². The van der Waals surface area contributed by atoms with E-state index in [9.17, 15) is 24.6 Å². The summed E-state index contributed by atoms with van der Waals surface area (Å²) in [5, 5.41) is 33.3. The first-order chi connectivity index (χ1) is 20.2. The number of β-amino-alcohol motifs (C(OH)–C–C–N with tert-alkyl or cyclic N) is 1. The highest BCUT2D eigenvalue weighted by atomic mass is 35.5. The number of aromatic amines is 1. The molecular formula is C27H24Cl2N8O5. The fraction of sp³-hybridized carbons (Fsp3) is 0.296. The Morgan fingerprint density at radius 3 is 2.83 bits per heavy atom. The molecule has 3 heterocycles. The minimum absolute atomic E-state index is 0.0439. The summed E-state index contributed by atoms with van der Waals surface area (Å²) in [5.41, 5.74) is 1.04. The topological polar surface area (TPSA) is 170 Å². The van der Waals surface area contributed by atoms with Crippen molar-refractivity contribution in [3.8, 4) is 0 Å². The fourth-order valence-corrected chi connectivity index (χ4v) is 5.58. The quantitative estimate of drug-likeness (QED) is 0.102. The van der Waals surface area contributed by atoms with Gasteiger partial charge in [0.05, 0.1) is 57.2 Å². The number of aliphatic hydroxyl groups excluding tert-OH is 1. The van der Waals surface area contributed by atoms with Crippen molar-refractivity contribution in [1.29, 1.82) is 0 Å². The number of aromatic nitrogens is 4. The van der Waals surface area contributed by atoms with Crippen molar-refractivity contribution in [2.75, 3.05) is 13.1 Å². The number of carbonyl (C=O) groups is 2. The Kier molecular flexibility index (Phi) is 8.39. The third-order valence-electron chi connectivity index (χ3n) is 7.05. The highest BCUT2D eigenvalue weighted by Crippen LogP contribution is 2.31. The maximum atomic E-state index is 13.3. The largest absolute Gasteiger partial charge is 0.480 e. The lowest BCUT2D eigenvalue weighted by Gasteiger charge is -2.20. The number of hydrogen-bond donors (Lipinski definition) is 4. The summed E-state index contributed by atoms with van der Waals surface area (Å²) in [4.78, 5) is 47.5. The molecule has 2 aromatic heterocycles. The normalized spacial score (nSPS) is 16.1. The first-order valence-electron chi connectivity index (χ1n) is 12.9. The predicted molar refractivity (Wildman–Crippen MR) is 156 cm³/mol. The van der Waals surface area contributed by atoms with Crippen molar-refractivity contribution in [2.24, 2.45) is 5.10 Å². The van der Waals surface area contributed by atoms with E-state index < -0.39 is 29.6 Å². The minimum atomic E-state index is -1.36. The molecule has 1 saturated heterocycles. The van der Waals surface area contributed by atoms with Gasteiger partial charge in [-0.05, 0) is 30.5 Å². The smallest absolute Gasteiger partial charge is 0.326 e. The van der Waals surface area contributed by atoms with Gasteiger partial charge in [-0.3, -0.25) is 19.3 Å². The molecular weight excluding hydrogens is 587 g/mol. The standard InChI is InChI=1S/C27H24Cl2N8O5/c1-30-35-21(36-7-6-16(38)12-36)5-4-19(27(41)42)33-25(39)22-18(28)9-17-24(23(22)29)31-13-37(26(17)40)11-14-2-3-15-10-32-34-20(15)8-14/h2-3,8-10,13,16,19,38H,4-7,11-12H2,(H,32,34)(H,33,39)(H,41,42)/b35-21-/t16-,19-/m0/s1. The van der Waals surface area contributed by atoms with Gasteiger partial charge < -0.3 is 20.4 Å². The van der Waals surface area contributed by atoms with Gasteiger partial charge in [-0.25, -0.2) is 9.78 Å². The molecule has 1 fully saturated rings. The Hall–Kier alpha value is -4.51. The van der Waals surface area contributed by atoms with Gasteiger partial charge in [-0.2, -0.15) is 11.7 Å². The van der Waals surface area contributed by atoms with Crippen LogP contribution in [-0.4, -0.2) is 77.8 Å². The summed E-state index contributed by atoms with van der Waals surface area (Å²) in [6, 6.07) is 5.54. The number of amidine groups is 1. The highest BCUT2D eigenvalue weighted by molar-refractivity contribution is 6.43. The zero-order chi connectivity index (χ0) is 30.0. The first kappa shape index (κ1) is 29.0. The summed E-state index contributed by atoms with van der Waals surface area (Å²) in [6.45, 7) is 8.04. The molecule has 4 N–H and O–H groups in total. The number of hydrogen-bond acceptors (Lipinski definition) is 7. The molecule has 15 heteroatoms. The molecule has 0 bridgehead atoms. The average Bonchev–Trinajstić information content (AvgIpc) is 3.60. The first-order valence-corrected chi connectivity index (χ1v) is 13.6. The molecule has 1 aliphatic rings. The van der Waals surface area contributed by atoms with E-state index in [1.165, 1.54) is 17.0 Å². The highest BCUT2D eigenvalue weighted by Gasteiger charge is 2.29. The van der Waals surface area contributed by atoms with E-state index in [1.54, 1.807) is 11.1 Å². The molecule has 0 saturated carbocycles. The number of aliphatic hydroxyl groups is 1. The number of nitrogens with one attached hydrogen (secondary N) is 2. The van der Waals surface area contributed by atoms with Crippen LogP contribution in [0.2, 0.25) is 10.0 Å². The van der Waals surface area contributed by atoms with E-state index in [4.69, 9.17) is 29.8 Å². The van der Waals surface area contributed by atoms with E-state index in [0.29, 0.717) is 18.8 Å². The minimum Gasteiger partial charge on any atom is -0.480 e. The number of carboxylic acids is 1. The van der Waals surface area contributed by atoms with Gasteiger partial charge in [0.1, 0.15) is 11.1 Å². The Morgan fingerprint density at radius 1 is 1.31 bits per heavy atom. The van der Waals surface area contributed by atoms with Crippen molar-refractivity contribution in [3.63, 3.8) is 0 Å². The number of nitrogens with zero attached hydrogens (tertiary/aromatic N) is 6. The Balaban J connectivity index is 1.36. The zero-order valence-corrected chi connectivity index (χ0v) is 23.4. The van der Waals surface area contributed by atoms with Crippen molar-refractivity contribution in [1.82, 2.24) is 30.0 Å². The number of aliphatic carboxylic acids is 1. The lowest BCUT2D eigenvalue weighted by Crippen LogP contribution is -2.42. The lowest BCUT2D eigenvalue weighted by molar-refractivity contribution is -0.139. The SMILES string of the molecule is [C-]#[N+]/N=C(/CC[C@H](NC(=O)c1c(Cl)cc2c(=O)n(Cc3ccc4cn[nH]c4c3)cnc2c1Cl)C(=O)O)N1CC[C@H](O)C1. The second-order valence-corrected chi connectivity index (χ2v) is 10.6. The van der Waals surface area contributed by atoms with Crippen LogP contribution >= 0.6 is 23.2 Å². The van der Waals surface area contributed by atoms with Crippen LogP contribution in [0.25, 0.3) is 26.8 Å². The molecule has 216 valence electrons. The van der Waals surface area contributed by atoms with Gasteiger partial charge in [-0.15, -0.1) is 4.95 Å². The number of rotatable bonds is 8. The Morgan fingerprint density at radius 2 is 2.12 bits per heavy atom. The van der Waals surface area contributed by atoms with Gasteiger partial charge >= 0.3 is 5.97 Å². The van der Waals surface area contributed by atoms with Gasteiger partial charge in [0.25, 0.3) is 11.5 Å². The van der Waals surface area contributed by atoms with Crippen LogP contribution in [0.5, 0.6) is 0 Å². The number of fused-ring (bicyclic) bond motifs is 2. The molecule has 1 amide bonds. The summed E-state index contributed by atoms with van der Waals surface area (Å²) >= 11 is 12.9. The summed E-state index contributed by atoms with van der Waals surface area (Å²) in [7, 11) is 0. The second kappa shape index (κ2) is 12.2. The molecule has 1 aliphatic heterocycles. The van der Waals surface area contributed by atoms with Crippen LogP contribution in [-0.2, 0) is 11.3 Å². The van der Waals surface area contributed by atoms with E-state index in [2.05, 4.69) is 30.6 Å². The second-order valence-electron chi connectivity index (χ2n) is 9.82. The summed E-state index contributed by atoms with van der Waals surface area (Å²) < 4.78 is 1.38. The molecule has 13 nitrogen and oxygen atoms in total. The van der Waals surface area contributed by atoms with E-state index in [1.807, 2.05) is 18.2 Å². The number of carbonyl (C=O) groups excluding carboxylic acids is 1. The van der Waals surface area contributed by atoms with Crippen molar-refractivity contribution in [3.05, 3.63) is 79.8 Å². The number of carboxylic acid groups (broad SMARTS) is 1. The Bertz CT molecular complexity index is 1830. The molecule has 42 heavy (non-hydrogen) atoms. The average molecular weight is 611 g/mol. The van der Waals surface area contributed by atoms with E-state index >= 15 is 0 Å². The van der Waals surface area contributed by atoms with Crippen molar-refractivity contribution in [2.45, 2.75) is 38.0 Å². The molecule has 0 spiro atoms. The van der Waals surface area contributed by atoms with Crippen LogP contribution in [0, 0.1) is 6.57 Å². The zero-order valence-electron chi connectivity index (χ0n) is 21.9. The third kappa shape index (κ3) is 5.91. The van der Waals surface area contributed by atoms with Gasteiger partial charge in [0, 0.05) is 24.9 Å². The van der Waals surface area contributed by atoms with Crippen LogP contribution in [0.15, 0.2) is 46.7 Å². The van der Waals surface area contributed by atoms with Crippen LogP contribution < -0.4 is 10.9 Å². The Labute approximate surface area is 248 Å². The number of benzene rings is 2. The third-order valence-corrected chi connectivity index (χ3v) is 7.72. The summed E-state index contributed by atoms with van der Waals surface area (Å²) in [5.74, 6) is -1.85. The van der Waals surface area contributed by atoms with Gasteiger partial charge in [0.2, 0.25) is 0 Å². The van der Waals surface area contributed by atoms with Crippen molar-refractivity contribution >= 4 is 62.7 Å². The summed E-state index contributed by atoms with van der Waals surface area (Å²) in [6.07, 6.45) is 2.95. The predicted octanol–water partition coefficient (Wildman–Crippen LogP) is 2.89. The maximum Gasteiger partial charge on any atom is 0.326 e. The van der Waals surface area contributed by atoms with Gasteiger partial charge in [-0.1, -0.05) is 35.3 Å². The molecule has 0 radical (unpaired) electrons. The fourth-order valence-electron chi connectivity index (χ4n) is 4.90. The molecule has 4 aromatic rings. The number of H-pyrrole nitrogens is 1. The van der Waals surface area contributed by atoms with Gasteiger partial charge in [0.15, 0.2) is 5.84 Å². The molecule has 0 aliphatic carbocycles. The number of amides is 1. The molecule has 2 atom stereocenters. The van der Waals surface area contributed by atoms with E-state index in [0.717, 1.165) is 16.5 Å². The molecule has 0 unspecified atom stereocenters. The van der Waals surface area contributed by atoms with E-state index in [-0.39, 0.29) is 52.4 Å². The van der Waals surface area contributed by atoms with Crippen LogP contribution in [0.4, 0.5) is 0 Å².